The third-order valence-corrected chi connectivity index (χ3v) is 6.59. The van der Waals surface area contributed by atoms with Gasteiger partial charge in [0.05, 0.1) is 32.3 Å². The zero-order chi connectivity index (χ0) is 25.7. The number of ether oxygens (including phenoxy) is 4. The average molecular weight is 509 g/mol. The van der Waals surface area contributed by atoms with Gasteiger partial charge in [-0.05, 0) is 25.3 Å². The highest BCUT2D eigenvalue weighted by Gasteiger charge is 2.35. The molecular formula is C28H32F4O4. The Hall–Kier alpha value is -2.26. The van der Waals surface area contributed by atoms with Crippen LogP contribution in [0.25, 0.3) is 11.1 Å². The zero-order valence-corrected chi connectivity index (χ0v) is 20.6. The second-order valence-corrected chi connectivity index (χ2v) is 9.27. The number of allylic oxidation sites excluding steroid dienone is 1. The molecule has 4 rings (SSSR count). The molecule has 0 bridgehead atoms. The first-order valence-corrected chi connectivity index (χ1v) is 12.5. The smallest absolute Gasteiger partial charge is 0.186 e. The maximum Gasteiger partial charge on any atom is 0.186 e. The molecule has 2 aliphatic heterocycles. The van der Waals surface area contributed by atoms with E-state index in [1.54, 1.807) is 0 Å². The van der Waals surface area contributed by atoms with Crippen molar-refractivity contribution in [3.05, 3.63) is 70.8 Å². The topological polar surface area (TPSA) is 36.9 Å². The third kappa shape index (κ3) is 5.83. The lowest BCUT2D eigenvalue weighted by atomic mass is 9.98. The molecular weight excluding hydrogens is 476 g/mol. The number of hydrogen-bond donors (Lipinski definition) is 0. The number of hydrogen-bond acceptors (Lipinski definition) is 4. The van der Waals surface area contributed by atoms with Gasteiger partial charge < -0.3 is 18.9 Å². The van der Waals surface area contributed by atoms with Gasteiger partial charge in [-0.3, -0.25) is 0 Å². The predicted molar refractivity (Wildman–Crippen MR) is 127 cm³/mol. The Balaban J connectivity index is 1.43. The second-order valence-electron chi connectivity index (χ2n) is 9.27. The highest BCUT2D eigenvalue weighted by molar-refractivity contribution is 5.66. The molecule has 0 aromatic heterocycles. The fraction of sp³-hybridized carbons (Fsp3) is 0.500. The molecule has 4 nitrogen and oxygen atoms in total. The van der Waals surface area contributed by atoms with Crippen LogP contribution < -0.4 is 0 Å². The average Bonchev–Trinajstić information content (AvgIpc) is 2.90. The van der Waals surface area contributed by atoms with Gasteiger partial charge in [0.25, 0.3) is 0 Å². The lowest BCUT2D eigenvalue weighted by Crippen LogP contribution is -2.43. The summed E-state index contributed by atoms with van der Waals surface area (Å²) in [5.74, 6) is -4.74. The van der Waals surface area contributed by atoms with Crippen LogP contribution in [0.2, 0.25) is 0 Å². The SMILES string of the molecule is C/C=C/C1COC(C2COC(c3ccc(-c4ccc(CCCCC)c(F)c4F)c(F)c3F)OC2)OC1. The molecule has 0 amide bonds. The van der Waals surface area contributed by atoms with Crippen LogP contribution >= 0.6 is 0 Å². The molecule has 0 aliphatic carbocycles. The number of unbranched alkanes of at least 4 members (excludes halogenated alkanes) is 2. The summed E-state index contributed by atoms with van der Waals surface area (Å²) in [5, 5.41) is 0. The van der Waals surface area contributed by atoms with Crippen molar-refractivity contribution in [3.8, 4) is 11.1 Å². The third-order valence-electron chi connectivity index (χ3n) is 6.59. The first kappa shape index (κ1) is 26.8. The van der Waals surface area contributed by atoms with Gasteiger partial charge in [-0.1, -0.05) is 56.2 Å². The van der Waals surface area contributed by atoms with Crippen LogP contribution in [0, 0.1) is 35.1 Å². The second kappa shape index (κ2) is 12.3. The minimum Gasteiger partial charge on any atom is -0.351 e. The van der Waals surface area contributed by atoms with Gasteiger partial charge in [0.15, 0.2) is 35.8 Å². The molecule has 2 fully saturated rings. The molecule has 2 aromatic rings. The van der Waals surface area contributed by atoms with E-state index in [0.717, 1.165) is 19.3 Å². The molecule has 36 heavy (non-hydrogen) atoms. The van der Waals surface area contributed by atoms with Gasteiger partial charge in [-0.15, -0.1) is 0 Å². The van der Waals surface area contributed by atoms with Crippen molar-refractivity contribution in [2.45, 2.75) is 52.1 Å². The van der Waals surface area contributed by atoms with Crippen molar-refractivity contribution >= 4 is 0 Å². The Bertz CT molecular complexity index is 1060. The summed E-state index contributed by atoms with van der Waals surface area (Å²) in [6.45, 7) is 5.34. The summed E-state index contributed by atoms with van der Waals surface area (Å²) in [5.41, 5.74) is -0.612. The van der Waals surface area contributed by atoms with Crippen LogP contribution in [0.1, 0.15) is 50.5 Å². The fourth-order valence-electron chi connectivity index (χ4n) is 4.55. The van der Waals surface area contributed by atoms with Crippen LogP contribution in [-0.2, 0) is 25.4 Å². The minimum absolute atomic E-state index is 0.148. The summed E-state index contributed by atoms with van der Waals surface area (Å²) in [4.78, 5) is 0. The summed E-state index contributed by atoms with van der Waals surface area (Å²) >= 11 is 0. The normalized spacial score (nSPS) is 24.9. The molecule has 2 saturated heterocycles. The lowest BCUT2D eigenvalue weighted by molar-refractivity contribution is -0.280. The molecule has 8 heteroatoms. The van der Waals surface area contributed by atoms with Gasteiger partial charge in [0.2, 0.25) is 0 Å². The zero-order valence-electron chi connectivity index (χ0n) is 20.6. The largest absolute Gasteiger partial charge is 0.351 e. The van der Waals surface area contributed by atoms with E-state index in [1.165, 1.54) is 24.3 Å². The molecule has 0 radical (unpaired) electrons. The summed E-state index contributed by atoms with van der Waals surface area (Å²) < 4.78 is 82.2. The molecule has 0 N–H and O–H groups in total. The Morgan fingerprint density at radius 2 is 1.42 bits per heavy atom. The highest BCUT2D eigenvalue weighted by atomic mass is 19.2. The van der Waals surface area contributed by atoms with Crippen molar-refractivity contribution < 1.29 is 36.5 Å². The summed E-state index contributed by atoms with van der Waals surface area (Å²) in [6, 6.07) is 5.22. The standard InChI is InChI=1S/C28H32F4O4/c1-3-5-6-8-18-9-10-20(24(30)23(18)29)21-11-12-22(26(32)25(21)31)28-35-15-19(16-36-28)27-33-13-17(7-4-2)14-34-27/h4,7,9-12,17,19,27-28H,3,5-6,8,13-16H2,1-2H3/b7-4+. The fourth-order valence-corrected chi connectivity index (χ4v) is 4.55. The van der Waals surface area contributed by atoms with Crippen molar-refractivity contribution in [3.63, 3.8) is 0 Å². The van der Waals surface area contributed by atoms with E-state index in [2.05, 4.69) is 0 Å². The van der Waals surface area contributed by atoms with Crippen LogP contribution in [-0.4, -0.2) is 32.7 Å². The van der Waals surface area contributed by atoms with Crippen LogP contribution in [0.5, 0.6) is 0 Å². The monoisotopic (exact) mass is 508 g/mol. The molecule has 2 aliphatic rings. The first-order chi connectivity index (χ1) is 17.4. The van der Waals surface area contributed by atoms with E-state index in [-0.39, 0.29) is 47.3 Å². The van der Waals surface area contributed by atoms with Crippen LogP contribution in [0.4, 0.5) is 17.6 Å². The molecule has 0 saturated carbocycles. The Labute approximate surface area is 209 Å². The lowest BCUT2D eigenvalue weighted by Gasteiger charge is -2.37. The van der Waals surface area contributed by atoms with E-state index in [0.29, 0.717) is 19.6 Å². The summed E-state index contributed by atoms with van der Waals surface area (Å²) in [7, 11) is 0. The highest BCUT2D eigenvalue weighted by Crippen LogP contribution is 2.35. The van der Waals surface area contributed by atoms with E-state index in [4.69, 9.17) is 18.9 Å². The van der Waals surface area contributed by atoms with E-state index >= 15 is 8.78 Å². The van der Waals surface area contributed by atoms with E-state index in [9.17, 15) is 8.78 Å². The predicted octanol–water partition coefficient (Wildman–Crippen LogP) is 6.87. The van der Waals surface area contributed by atoms with Gasteiger partial charge in [0, 0.05) is 22.6 Å². The number of halogens is 4. The van der Waals surface area contributed by atoms with Crippen LogP contribution in [0.3, 0.4) is 0 Å². The van der Waals surface area contributed by atoms with Crippen molar-refractivity contribution in [2.75, 3.05) is 26.4 Å². The Morgan fingerprint density at radius 1 is 0.778 bits per heavy atom. The number of aryl methyl sites for hydroxylation is 1. The maximum absolute atomic E-state index is 15.0. The minimum atomic E-state index is -1.28. The van der Waals surface area contributed by atoms with E-state index in [1.807, 2.05) is 26.0 Å². The Morgan fingerprint density at radius 3 is 2.06 bits per heavy atom. The molecule has 2 heterocycles. The quantitative estimate of drug-likeness (QED) is 0.222. The van der Waals surface area contributed by atoms with Crippen LogP contribution in [0.15, 0.2) is 36.4 Å². The van der Waals surface area contributed by atoms with Gasteiger partial charge in [-0.2, -0.15) is 0 Å². The molecule has 0 atom stereocenters. The number of benzene rings is 2. The Kier molecular flexibility index (Phi) is 9.17. The van der Waals surface area contributed by atoms with E-state index < -0.39 is 35.8 Å². The molecule has 2 aromatic carbocycles. The van der Waals surface area contributed by atoms with Gasteiger partial charge >= 0.3 is 0 Å². The van der Waals surface area contributed by atoms with Gasteiger partial charge in [-0.25, -0.2) is 17.6 Å². The van der Waals surface area contributed by atoms with Crippen molar-refractivity contribution in [1.82, 2.24) is 0 Å². The molecule has 0 unspecified atom stereocenters. The number of rotatable bonds is 8. The maximum atomic E-state index is 15.0. The summed E-state index contributed by atoms with van der Waals surface area (Å²) in [6.07, 6.45) is 5.29. The van der Waals surface area contributed by atoms with Crippen molar-refractivity contribution in [2.24, 2.45) is 11.8 Å². The van der Waals surface area contributed by atoms with Gasteiger partial charge in [0.1, 0.15) is 0 Å². The van der Waals surface area contributed by atoms with Crippen molar-refractivity contribution in [1.29, 1.82) is 0 Å². The molecule has 196 valence electrons. The first-order valence-electron chi connectivity index (χ1n) is 12.5. The molecule has 0 spiro atoms.